The standard InChI is InChI=1S/C20H33BrN2O6S/c1-12(2)16(25)23-10-8-14(30)20(23,17(26)28-11-7-9-21)15(24)13(3)22-18(27)29-19(4,5)6/h12-14,30H,7-11H2,1-6H3,(H,22,27)/t13-,14?,20-/m0/s1. The number of alkyl carbamates (subject to hydrolysis) is 1. The van der Waals surface area contributed by atoms with Gasteiger partial charge in [-0.1, -0.05) is 29.8 Å². The lowest BCUT2D eigenvalue weighted by Crippen LogP contribution is -2.67. The van der Waals surface area contributed by atoms with E-state index in [0.29, 0.717) is 18.2 Å². The first-order chi connectivity index (χ1) is 13.8. The predicted octanol–water partition coefficient (Wildman–Crippen LogP) is 2.72. The number of Topliss-reactive ketones (excluding diaryl/α,β-unsaturated/α-hetero) is 1. The average molecular weight is 509 g/mol. The zero-order chi connectivity index (χ0) is 23.3. The Kier molecular flexibility index (Phi) is 9.66. The molecule has 0 aromatic carbocycles. The van der Waals surface area contributed by atoms with Crippen LogP contribution in [0.3, 0.4) is 0 Å². The summed E-state index contributed by atoms with van der Waals surface area (Å²) in [5.41, 5.74) is -2.66. The summed E-state index contributed by atoms with van der Waals surface area (Å²) < 4.78 is 10.6. The van der Waals surface area contributed by atoms with Crippen molar-refractivity contribution in [3.05, 3.63) is 0 Å². The molecule has 1 rings (SSSR count). The zero-order valence-electron chi connectivity index (χ0n) is 18.5. The maximum Gasteiger partial charge on any atom is 0.408 e. The van der Waals surface area contributed by atoms with Crippen molar-refractivity contribution in [2.75, 3.05) is 18.5 Å². The average Bonchev–Trinajstić information content (AvgIpc) is 2.96. The van der Waals surface area contributed by atoms with E-state index in [1.54, 1.807) is 34.6 Å². The number of nitrogens with zero attached hydrogens (tertiary/aromatic N) is 1. The molecule has 172 valence electrons. The summed E-state index contributed by atoms with van der Waals surface area (Å²) in [6, 6.07) is -1.10. The van der Waals surface area contributed by atoms with E-state index in [9.17, 15) is 19.2 Å². The van der Waals surface area contributed by atoms with Crippen LogP contribution in [0.1, 0.15) is 54.4 Å². The highest BCUT2D eigenvalue weighted by Crippen LogP contribution is 2.38. The number of ether oxygens (including phenoxy) is 2. The van der Waals surface area contributed by atoms with Gasteiger partial charge >= 0.3 is 12.1 Å². The molecule has 3 atom stereocenters. The summed E-state index contributed by atoms with van der Waals surface area (Å²) in [5.74, 6) is -2.25. The molecule has 0 aromatic heterocycles. The van der Waals surface area contributed by atoms with E-state index in [0.717, 1.165) is 0 Å². The van der Waals surface area contributed by atoms with E-state index >= 15 is 0 Å². The molecule has 1 fully saturated rings. The Labute approximate surface area is 192 Å². The molecule has 1 N–H and O–H groups in total. The maximum atomic E-state index is 13.6. The quantitative estimate of drug-likeness (QED) is 0.172. The molecule has 30 heavy (non-hydrogen) atoms. The number of carbonyl (C=O) groups is 4. The SMILES string of the molecule is CC(C)C(=O)N1CCC(S)[C@@]1(C(=O)OCCCBr)C(=O)[C@H](C)NC(=O)OC(C)(C)C. The van der Waals surface area contributed by atoms with Gasteiger partial charge in [0, 0.05) is 23.0 Å². The van der Waals surface area contributed by atoms with E-state index in [-0.39, 0.29) is 19.1 Å². The third-order valence-electron chi connectivity index (χ3n) is 4.62. The number of carbonyl (C=O) groups excluding carboxylic acids is 4. The highest BCUT2D eigenvalue weighted by molar-refractivity contribution is 9.09. The van der Waals surface area contributed by atoms with Crippen LogP contribution in [0.4, 0.5) is 4.79 Å². The van der Waals surface area contributed by atoms with Crippen molar-refractivity contribution in [2.45, 2.75) is 76.8 Å². The van der Waals surface area contributed by atoms with Crippen molar-refractivity contribution >= 4 is 52.3 Å². The third-order valence-corrected chi connectivity index (χ3v) is 5.81. The molecule has 0 aromatic rings. The lowest BCUT2D eigenvalue weighted by atomic mass is 9.85. The fourth-order valence-corrected chi connectivity index (χ4v) is 3.98. The van der Waals surface area contributed by atoms with Crippen LogP contribution in [0.25, 0.3) is 0 Å². The van der Waals surface area contributed by atoms with Crippen LogP contribution >= 0.6 is 28.6 Å². The summed E-state index contributed by atoms with van der Waals surface area (Å²) in [4.78, 5) is 53.1. The second-order valence-electron chi connectivity index (χ2n) is 8.63. The van der Waals surface area contributed by atoms with Crippen LogP contribution in [-0.2, 0) is 23.9 Å². The van der Waals surface area contributed by atoms with Crippen LogP contribution in [0.15, 0.2) is 0 Å². The minimum Gasteiger partial charge on any atom is -0.464 e. The Morgan fingerprint density at radius 1 is 1.23 bits per heavy atom. The number of halogens is 1. The van der Waals surface area contributed by atoms with Gasteiger partial charge < -0.3 is 19.7 Å². The number of amides is 2. The number of likely N-dealkylation sites (tertiary alicyclic amines) is 1. The molecule has 0 bridgehead atoms. The largest absolute Gasteiger partial charge is 0.464 e. The van der Waals surface area contributed by atoms with E-state index in [1.165, 1.54) is 11.8 Å². The van der Waals surface area contributed by atoms with Crippen molar-refractivity contribution < 1.29 is 28.7 Å². The number of thiol groups is 1. The van der Waals surface area contributed by atoms with Gasteiger partial charge in [-0.15, -0.1) is 0 Å². The van der Waals surface area contributed by atoms with Gasteiger partial charge in [-0.3, -0.25) is 9.59 Å². The van der Waals surface area contributed by atoms with Gasteiger partial charge in [-0.25, -0.2) is 9.59 Å². The predicted molar refractivity (Wildman–Crippen MR) is 120 cm³/mol. The Hall–Kier alpha value is -1.29. The van der Waals surface area contributed by atoms with Crippen molar-refractivity contribution in [3.8, 4) is 0 Å². The topological polar surface area (TPSA) is 102 Å². The molecule has 0 aliphatic carbocycles. The number of hydrogen-bond donors (Lipinski definition) is 2. The Bertz CT molecular complexity index is 666. The first-order valence-electron chi connectivity index (χ1n) is 10.1. The molecule has 0 saturated carbocycles. The molecular weight excluding hydrogens is 476 g/mol. The normalized spacial score (nSPS) is 22.6. The molecule has 1 aliphatic heterocycles. The first-order valence-corrected chi connectivity index (χ1v) is 11.7. The van der Waals surface area contributed by atoms with E-state index in [4.69, 9.17) is 9.47 Å². The monoisotopic (exact) mass is 508 g/mol. The van der Waals surface area contributed by atoms with Gasteiger partial charge in [0.05, 0.1) is 12.6 Å². The lowest BCUT2D eigenvalue weighted by molar-refractivity contribution is -0.167. The summed E-state index contributed by atoms with van der Waals surface area (Å²) in [5, 5.41) is 2.34. The third kappa shape index (κ3) is 6.12. The molecular formula is C20H33BrN2O6S. The Balaban J connectivity index is 3.28. The highest BCUT2D eigenvalue weighted by atomic mass is 79.9. The van der Waals surface area contributed by atoms with E-state index in [2.05, 4.69) is 33.9 Å². The first kappa shape index (κ1) is 26.7. The Morgan fingerprint density at radius 3 is 2.33 bits per heavy atom. The number of hydrogen-bond acceptors (Lipinski definition) is 7. The second kappa shape index (κ2) is 10.8. The van der Waals surface area contributed by atoms with Crippen LogP contribution in [-0.4, -0.2) is 69.6 Å². The van der Waals surface area contributed by atoms with Crippen LogP contribution in [0.5, 0.6) is 0 Å². The van der Waals surface area contributed by atoms with Crippen molar-refractivity contribution in [3.63, 3.8) is 0 Å². The Morgan fingerprint density at radius 2 is 1.83 bits per heavy atom. The second-order valence-corrected chi connectivity index (χ2v) is 10.0. The summed E-state index contributed by atoms with van der Waals surface area (Å²) in [6.07, 6.45) is 0.110. The van der Waals surface area contributed by atoms with E-state index in [1.807, 2.05) is 0 Å². The molecule has 10 heteroatoms. The minimum absolute atomic E-state index is 0.0944. The number of esters is 1. The van der Waals surface area contributed by atoms with Gasteiger partial charge in [0.25, 0.3) is 0 Å². The van der Waals surface area contributed by atoms with Gasteiger partial charge in [0.2, 0.25) is 11.4 Å². The van der Waals surface area contributed by atoms with Crippen LogP contribution < -0.4 is 5.32 Å². The highest BCUT2D eigenvalue weighted by Gasteiger charge is 2.62. The van der Waals surface area contributed by atoms with Gasteiger partial charge in [0.15, 0.2) is 5.78 Å². The smallest absolute Gasteiger partial charge is 0.408 e. The summed E-state index contributed by atoms with van der Waals surface area (Å²) in [6.45, 7) is 10.2. The molecule has 1 heterocycles. The molecule has 0 radical (unpaired) electrons. The number of ketones is 1. The van der Waals surface area contributed by atoms with Gasteiger partial charge in [0.1, 0.15) is 5.60 Å². The molecule has 1 saturated heterocycles. The molecule has 8 nitrogen and oxygen atoms in total. The molecule has 1 aliphatic rings. The minimum atomic E-state index is -1.91. The molecule has 1 unspecified atom stereocenters. The fourth-order valence-electron chi connectivity index (χ4n) is 3.27. The fraction of sp³-hybridized carbons (Fsp3) is 0.800. The number of rotatable bonds is 8. The van der Waals surface area contributed by atoms with Gasteiger partial charge in [-0.2, -0.15) is 12.6 Å². The number of alkyl halides is 1. The van der Waals surface area contributed by atoms with Gasteiger partial charge in [-0.05, 0) is 40.5 Å². The van der Waals surface area contributed by atoms with Crippen molar-refractivity contribution in [1.29, 1.82) is 0 Å². The van der Waals surface area contributed by atoms with Crippen molar-refractivity contribution in [1.82, 2.24) is 10.2 Å². The number of nitrogens with one attached hydrogen (secondary N) is 1. The van der Waals surface area contributed by atoms with Crippen LogP contribution in [0, 0.1) is 5.92 Å². The maximum absolute atomic E-state index is 13.6. The zero-order valence-corrected chi connectivity index (χ0v) is 21.0. The lowest BCUT2D eigenvalue weighted by Gasteiger charge is -2.39. The molecule has 2 amide bonds. The summed E-state index contributed by atoms with van der Waals surface area (Å²) in [7, 11) is 0. The van der Waals surface area contributed by atoms with Crippen LogP contribution in [0.2, 0.25) is 0 Å². The van der Waals surface area contributed by atoms with E-state index < -0.39 is 46.2 Å². The summed E-state index contributed by atoms with van der Waals surface area (Å²) >= 11 is 7.77. The molecule has 0 spiro atoms. The van der Waals surface area contributed by atoms with Crippen molar-refractivity contribution in [2.24, 2.45) is 5.92 Å².